The Hall–Kier alpha value is -1.93. The summed E-state index contributed by atoms with van der Waals surface area (Å²) in [5.41, 5.74) is 1.43. The van der Waals surface area contributed by atoms with E-state index in [0.29, 0.717) is 16.7 Å². The lowest BCUT2D eigenvalue weighted by atomic mass is 10.2. The third-order valence-corrected chi connectivity index (χ3v) is 3.76. The molecule has 0 radical (unpaired) electrons. The Balaban J connectivity index is 2.54. The van der Waals surface area contributed by atoms with Crippen LogP contribution in [0.2, 0.25) is 0 Å². The van der Waals surface area contributed by atoms with E-state index >= 15 is 0 Å². The number of fused-ring (bicyclic) bond motifs is 1. The van der Waals surface area contributed by atoms with Crippen LogP contribution in [0.3, 0.4) is 0 Å². The van der Waals surface area contributed by atoms with Crippen LogP contribution in [-0.4, -0.2) is 30.8 Å². The molecule has 1 aromatic heterocycles. The van der Waals surface area contributed by atoms with Crippen LogP contribution in [0, 0.1) is 0 Å². The first-order chi connectivity index (χ1) is 8.94. The van der Waals surface area contributed by atoms with Gasteiger partial charge < -0.3 is 10.3 Å². The zero-order valence-corrected chi connectivity index (χ0v) is 11.3. The highest BCUT2D eigenvalue weighted by Crippen LogP contribution is 2.22. The van der Waals surface area contributed by atoms with Crippen molar-refractivity contribution in [2.45, 2.75) is 19.0 Å². The number of aromatic nitrogens is 2. The Morgan fingerprint density at radius 2 is 2.16 bits per heavy atom. The average Bonchev–Trinajstić information content (AvgIpc) is 2.74. The van der Waals surface area contributed by atoms with Crippen molar-refractivity contribution in [1.29, 1.82) is 0 Å². The van der Waals surface area contributed by atoms with E-state index < -0.39 is 10.0 Å². The summed E-state index contributed by atoms with van der Waals surface area (Å²) in [5.74, 6) is -0.244. The van der Waals surface area contributed by atoms with Gasteiger partial charge in [0.15, 0.2) is 0 Å². The largest absolute Gasteiger partial charge is 0.328 e. The molecule has 0 aliphatic rings. The number of rotatable bonds is 4. The average molecular weight is 282 g/mol. The van der Waals surface area contributed by atoms with Gasteiger partial charge in [-0.05, 0) is 12.1 Å². The van der Waals surface area contributed by atoms with Gasteiger partial charge >= 0.3 is 0 Å². The fourth-order valence-corrected chi connectivity index (χ4v) is 2.66. The van der Waals surface area contributed by atoms with Gasteiger partial charge in [0.25, 0.3) is 10.0 Å². The molecule has 1 aromatic carbocycles. The number of para-hydroxylation sites is 1. The van der Waals surface area contributed by atoms with Crippen molar-refractivity contribution in [3.05, 3.63) is 18.2 Å². The number of imidazole rings is 1. The predicted octanol–water partition coefficient (Wildman–Crippen LogP) is 0.819. The van der Waals surface area contributed by atoms with Gasteiger partial charge in [0.1, 0.15) is 5.52 Å². The Bertz CT molecular complexity index is 721. The van der Waals surface area contributed by atoms with Crippen molar-refractivity contribution in [1.82, 2.24) is 14.7 Å². The molecule has 8 heteroatoms. The monoisotopic (exact) mass is 282 g/mol. The Kier molecular flexibility index (Phi) is 3.54. The quantitative estimate of drug-likeness (QED) is 0.772. The van der Waals surface area contributed by atoms with Crippen molar-refractivity contribution < 1.29 is 13.2 Å². The number of aromatic amines is 1. The summed E-state index contributed by atoms with van der Waals surface area (Å²) in [5, 5.41) is 2.44. The van der Waals surface area contributed by atoms with E-state index in [1.165, 1.54) is 6.92 Å². The third-order valence-electron chi connectivity index (χ3n) is 2.39. The molecule has 1 amide bonds. The number of sulfonamides is 1. The van der Waals surface area contributed by atoms with Crippen LogP contribution < -0.4 is 10.0 Å². The van der Waals surface area contributed by atoms with Gasteiger partial charge in [-0.15, -0.1) is 0 Å². The second-order valence-corrected chi connectivity index (χ2v) is 5.61. The lowest BCUT2D eigenvalue weighted by Crippen LogP contribution is -2.24. The molecule has 0 aliphatic heterocycles. The Labute approximate surface area is 110 Å². The maximum Gasteiger partial charge on any atom is 0.274 e. The highest BCUT2D eigenvalue weighted by Gasteiger charge is 2.19. The molecule has 0 saturated carbocycles. The summed E-state index contributed by atoms with van der Waals surface area (Å²) in [6, 6.07) is 5.06. The van der Waals surface area contributed by atoms with Crippen LogP contribution in [0.25, 0.3) is 11.0 Å². The number of carbonyl (C=O) groups is 1. The van der Waals surface area contributed by atoms with Gasteiger partial charge in [-0.25, -0.2) is 18.1 Å². The summed E-state index contributed by atoms with van der Waals surface area (Å²) in [7, 11) is -3.65. The zero-order valence-electron chi connectivity index (χ0n) is 10.5. The highest BCUT2D eigenvalue weighted by atomic mass is 32.2. The first-order valence-corrected chi connectivity index (χ1v) is 7.18. The van der Waals surface area contributed by atoms with Crippen LogP contribution in [0.15, 0.2) is 23.4 Å². The molecule has 0 atom stereocenters. The van der Waals surface area contributed by atoms with Gasteiger partial charge in [-0.3, -0.25) is 4.79 Å². The second-order valence-electron chi connectivity index (χ2n) is 3.93. The predicted molar refractivity (Wildman–Crippen MR) is 71.3 cm³/mol. The topological polar surface area (TPSA) is 104 Å². The smallest absolute Gasteiger partial charge is 0.274 e. The van der Waals surface area contributed by atoms with E-state index in [-0.39, 0.29) is 17.6 Å². The van der Waals surface area contributed by atoms with Crippen LogP contribution in [0.4, 0.5) is 5.69 Å². The minimum Gasteiger partial charge on any atom is -0.328 e. The maximum absolute atomic E-state index is 11.8. The molecule has 102 valence electrons. The van der Waals surface area contributed by atoms with E-state index in [4.69, 9.17) is 0 Å². The summed E-state index contributed by atoms with van der Waals surface area (Å²) >= 11 is 0. The molecule has 0 bridgehead atoms. The molecule has 2 aromatic rings. The molecule has 0 unspecified atom stereocenters. The molecule has 0 spiro atoms. The number of anilines is 1. The first kappa shape index (κ1) is 13.5. The van der Waals surface area contributed by atoms with Crippen molar-refractivity contribution in [3.8, 4) is 0 Å². The Morgan fingerprint density at radius 1 is 1.42 bits per heavy atom. The lowest BCUT2D eigenvalue weighted by Gasteiger charge is -2.01. The summed E-state index contributed by atoms with van der Waals surface area (Å²) in [6.07, 6.45) is 0. The van der Waals surface area contributed by atoms with Crippen molar-refractivity contribution in [2.75, 3.05) is 11.9 Å². The highest BCUT2D eigenvalue weighted by molar-refractivity contribution is 7.89. The maximum atomic E-state index is 11.8. The molecule has 1 heterocycles. The van der Waals surface area contributed by atoms with Crippen LogP contribution in [0.1, 0.15) is 13.8 Å². The SMILES string of the molecule is CCNS(=O)(=O)c1nc2c(NC(C)=O)cccc2[nH]1. The fourth-order valence-electron chi connectivity index (χ4n) is 1.69. The molecule has 3 N–H and O–H groups in total. The number of benzene rings is 1. The van der Waals surface area contributed by atoms with Gasteiger partial charge in [0, 0.05) is 13.5 Å². The molecule has 0 fully saturated rings. The van der Waals surface area contributed by atoms with Crippen LogP contribution in [0.5, 0.6) is 0 Å². The summed E-state index contributed by atoms with van der Waals surface area (Å²) < 4.78 is 26.0. The van der Waals surface area contributed by atoms with Gasteiger partial charge in [-0.1, -0.05) is 13.0 Å². The summed E-state index contributed by atoms with van der Waals surface area (Å²) in [6.45, 7) is 3.34. The standard InChI is InChI=1S/C11H14N4O3S/c1-3-12-19(17,18)11-14-9-6-4-5-8(10(9)15-11)13-7(2)16/h4-6,12H,3H2,1-2H3,(H,13,16)(H,14,15). The van der Waals surface area contributed by atoms with Crippen molar-refractivity contribution in [3.63, 3.8) is 0 Å². The Morgan fingerprint density at radius 3 is 2.79 bits per heavy atom. The van der Waals surface area contributed by atoms with E-state index in [0.717, 1.165) is 0 Å². The van der Waals surface area contributed by atoms with Crippen molar-refractivity contribution >= 4 is 32.7 Å². The number of carbonyl (C=O) groups excluding carboxylic acids is 1. The van der Waals surface area contributed by atoms with E-state index in [1.54, 1.807) is 25.1 Å². The molecule has 0 saturated heterocycles. The van der Waals surface area contributed by atoms with E-state index in [1.807, 2.05) is 0 Å². The van der Waals surface area contributed by atoms with Crippen LogP contribution in [-0.2, 0) is 14.8 Å². The number of amides is 1. The van der Waals surface area contributed by atoms with Crippen molar-refractivity contribution in [2.24, 2.45) is 0 Å². The molecule has 2 rings (SSSR count). The van der Waals surface area contributed by atoms with Gasteiger partial charge in [0.2, 0.25) is 11.1 Å². The number of hydrogen-bond acceptors (Lipinski definition) is 4. The minimum absolute atomic E-state index is 0.165. The fraction of sp³-hybridized carbons (Fsp3) is 0.273. The number of hydrogen-bond donors (Lipinski definition) is 3. The molecular formula is C11H14N4O3S. The van der Waals surface area contributed by atoms with Crippen LogP contribution >= 0.6 is 0 Å². The molecule has 7 nitrogen and oxygen atoms in total. The number of nitrogens with zero attached hydrogens (tertiary/aromatic N) is 1. The van der Waals surface area contributed by atoms with E-state index in [2.05, 4.69) is 20.0 Å². The van der Waals surface area contributed by atoms with E-state index in [9.17, 15) is 13.2 Å². The second kappa shape index (κ2) is 4.98. The first-order valence-electron chi connectivity index (χ1n) is 5.70. The molecule has 0 aliphatic carbocycles. The number of H-pyrrole nitrogens is 1. The van der Waals surface area contributed by atoms with Gasteiger partial charge in [-0.2, -0.15) is 0 Å². The summed E-state index contributed by atoms with van der Waals surface area (Å²) in [4.78, 5) is 17.8. The molecule has 19 heavy (non-hydrogen) atoms. The zero-order chi connectivity index (χ0) is 14.0. The minimum atomic E-state index is -3.65. The number of nitrogens with one attached hydrogen (secondary N) is 3. The normalized spacial score (nSPS) is 11.7. The lowest BCUT2D eigenvalue weighted by molar-refractivity contribution is -0.114. The molecular weight excluding hydrogens is 268 g/mol. The van der Waals surface area contributed by atoms with Gasteiger partial charge in [0.05, 0.1) is 11.2 Å². The third kappa shape index (κ3) is 2.74.